The smallest absolute Gasteiger partial charge is 0.256 e. The van der Waals surface area contributed by atoms with Crippen LogP contribution in [0.25, 0.3) is 0 Å². The number of anilines is 1. The van der Waals surface area contributed by atoms with E-state index in [2.05, 4.69) is 4.98 Å². The highest BCUT2D eigenvalue weighted by Crippen LogP contribution is 2.22. The second kappa shape index (κ2) is 9.39. The number of nitrogens with zero attached hydrogens (tertiary/aromatic N) is 4. The molecule has 0 atom stereocenters. The highest BCUT2D eigenvalue weighted by Gasteiger charge is 2.28. The van der Waals surface area contributed by atoms with Crippen LogP contribution in [0.5, 0.6) is 5.75 Å². The average molecular weight is 465 g/mol. The molecule has 2 aliphatic heterocycles. The largest absolute Gasteiger partial charge is 0.497 e. The van der Waals surface area contributed by atoms with Crippen LogP contribution in [-0.4, -0.2) is 88.1 Å². The highest BCUT2D eigenvalue weighted by atomic mass is 32.2. The quantitative estimate of drug-likeness (QED) is 0.657. The maximum atomic E-state index is 14.2. The van der Waals surface area contributed by atoms with Crippen molar-refractivity contribution in [3.8, 4) is 5.75 Å². The minimum atomic E-state index is -3.59. The lowest BCUT2D eigenvalue weighted by Crippen LogP contribution is -2.49. The Bertz CT molecular complexity index is 1070. The number of sulfonamides is 1. The molecule has 32 heavy (non-hydrogen) atoms. The molecule has 2 aliphatic rings. The summed E-state index contributed by atoms with van der Waals surface area (Å²) >= 11 is 0. The van der Waals surface area contributed by atoms with Crippen molar-refractivity contribution in [2.75, 3.05) is 64.5 Å². The first-order valence-electron chi connectivity index (χ1n) is 10.3. The zero-order chi connectivity index (χ0) is 22.7. The van der Waals surface area contributed by atoms with Crippen molar-refractivity contribution in [1.29, 1.82) is 0 Å². The molecular weight excluding hydrogens is 439 g/mol. The minimum absolute atomic E-state index is 0.00930. The summed E-state index contributed by atoms with van der Waals surface area (Å²) in [5, 5.41) is 0. The van der Waals surface area contributed by atoms with E-state index in [4.69, 9.17) is 9.47 Å². The Labute approximate surface area is 186 Å². The first-order valence-corrected chi connectivity index (χ1v) is 11.8. The number of pyridine rings is 1. The molecule has 1 aromatic heterocycles. The fourth-order valence-corrected chi connectivity index (χ4v) is 5.11. The Morgan fingerprint density at radius 2 is 1.78 bits per heavy atom. The van der Waals surface area contributed by atoms with Gasteiger partial charge in [0.05, 0.1) is 25.9 Å². The summed E-state index contributed by atoms with van der Waals surface area (Å²) < 4.78 is 51.3. The molecule has 2 aromatic rings. The summed E-state index contributed by atoms with van der Waals surface area (Å²) in [7, 11) is -2.16. The summed E-state index contributed by atoms with van der Waals surface area (Å²) in [5.74, 6) is 0.00269. The number of rotatable bonds is 5. The van der Waals surface area contributed by atoms with E-state index in [-0.39, 0.29) is 16.4 Å². The minimum Gasteiger partial charge on any atom is -0.497 e. The number of amides is 1. The monoisotopic (exact) mass is 464 g/mol. The Morgan fingerprint density at radius 1 is 1.06 bits per heavy atom. The molecule has 0 radical (unpaired) electrons. The van der Waals surface area contributed by atoms with Crippen LogP contribution in [0.2, 0.25) is 0 Å². The second-order valence-corrected chi connectivity index (χ2v) is 9.43. The molecule has 0 N–H and O–H groups in total. The van der Waals surface area contributed by atoms with Gasteiger partial charge in [0.25, 0.3) is 5.91 Å². The SMILES string of the molecule is COc1ccc(C(=O)N2CCN(c3ccc(S(=O)(=O)N4CCOCC4)cn3)CC2)c(F)c1. The third-order valence-electron chi connectivity index (χ3n) is 5.63. The topological polar surface area (TPSA) is 92.3 Å². The molecule has 4 rings (SSSR count). The van der Waals surface area contributed by atoms with Gasteiger partial charge in [-0.3, -0.25) is 4.79 Å². The number of benzene rings is 1. The number of methoxy groups -OCH3 is 1. The Balaban J connectivity index is 1.38. The van der Waals surface area contributed by atoms with E-state index in [1.807, 2.05) is 4.90 Å². The molecule has 0 aliphatic carbocycles. The van der Waals surface area contributed by atoms with Crippen molar-refractivity contribution in [2.45, 2.75) is 4.90 Å². The van der Waals surface area contributed by atoms with Gasteiger partial charge in [0.2, 0.25) is 10.0 Å². The highest BCUT2D eigenvalue weighted by molar-refractivity contribution is 7.89. The van der Waals surface area contributed by atoms with Crippen LogP contribution in [-0.2, 0) is 14.8 Å². The average Bonchev–Trinajstić information content (AvgIpc) is 2.84. The molecule has 0 unspecified atom stereocenters. The fraction of sp³-hybridized carbons (Fsp3) is 0.429. The van der Waals surface area contributed by atoms with E-state index in [1.54, 1.807) is 23.1 Å². The third-order valence-corrected chi connectivity index (χ3v) is 7.51. The molecule has 9 nitrogen and oxygen atoms in total. The van der Waals surface area contributed by atoms with Crippen molar-refractivity contribution < 1.29 is 27.1 Å². The lowest BCUT2D eigenvalue weighted by molar-refractivity contribution is 0.0730. The van der Waals surface area contributed by atoms with Gasteiger partial charge in [-0.1, -0.05) is 0 Å². The van der Waals surface area contributed by atoms with Crippen LogP contribution in [0.15, 0.2) is 41.4 Å². The van der Waals surface area contributed by atoms with Crippen LogP contribution in [0.4, 0.5) is 10.2 Å². The fourth-order valence-electron chi connectivity index (χ4n) is 3.75. The zero-order valence-electron chi connectivity index (χ0n) is 17.7. The number of carbonyl (C=O) groups excluding carboxylic acids is 1. The van der Waals surface area contributed by atoms with Crippen molar-refractivity contribution in [1.82, 2.24) is 14.2 Å². The van der Waals surface area contributed by atoms with E-state index in [0.717, 1.165) is 0 Å². The van der Waals surface area contributed by atoms with E-state index >= 15 is 0 Å². The molecule has 172 valence electrons. The third kappa shape index (κ3) is 4.54. The van der Waals surface area contributed by atoms with Gasteiger partial charge < -0.3 is 19.3 Å². The van der Waals surface area contributed by atoms with Gasteiger partial charge >= 0.3 is 0 Å². The predicted octanol–water partition coefficient (Wildman–Crippen LogP) is 1.21. The predicted molar refractivity (Wildman–Crippen MR) is 115 cm³/mol. The lowest BCUT2D eigenvalue weighted by Gasteiger charge is -2.35. The molecule has 11 heteroatoms. The Kier molecular flexibility index (Phi) is 6.58. The number of carbonyl (C=O) groups is 1. The maximum Gasteiger partial charge on any atom is 0.256 e. The summed E-state index contributed by atoms with van der Waals surface area (Å²) in [6, 6.07) is 7.41. The van der Waals surface area contributed by atoms with Gasteiger partial charge in [-0.15, -0.1) is 0 Å². The molecule has 0 spiro atoms. The van der Waals surface area contributed by atoms with Gasteiger partial charge in [-0.25, -0.2) is 17.8 Å². The van der Waals surface area contributed by atoms with Crippen LogP contribution < -0.4 is 9.64 Å². The number of halogens is 1. The second-order valence-electron chi connectivity index (χ2n) is 7.49. The van der Waals surface area contributed by atoms with Gasteiger partial charge in [-0.05, 0) is 24.3 Å². The molecule has 1 aromatic carbocycles. The number of ether oxygens (including phenoxy) is 2. The van der Waals surface area contributed by atoms with E-state index in [1.165, 1.54) is 29.7 Å². The van der Waals surface area contributed by atoms with Gasteiger partial charge in [0.15, 0.2) is 0 Å². The number of hydrogen-bond acceptors (Lipinski definition) is 7. The molecule has 1 amide bonds. The van der Waals surface area contributed by atoms with Crippen LogP contribution >= 0.6 is 0 Å². The molecule has 0 saturated carbocycles. The van der Waals surface area contributed by atoms with Crippen LogP contribution in [0, 0.1) is 5.82 Å². The van der Waals surface area contributed by atoms with Crippen molar-refractivity contribution >= 4 is 21.7 Å². The van der Waals surface area contributed by atoms with Crippen LogP contribution in [0.1, 0.15) is 10.4 Å². The molecule has 2 fully saturated rings. The zero-order valence-corrected chi connectivity index (χ0v) is 18.6. The standard InChI is InChI=1S/C21H25FN4O5S/c1-30-16-2-4-18(19(22)14-16)21(27)25-8-6-24(7-9-25)20-5-3-17(15-23-20)32(28,29)26-10-12-31-13-11-26/h2-5,14-15H,6-13H2,1H3. The molecule has 0 bridgehead atoms. The van der Waals surface area contributed by atoms with Crippen molar-refractivity contribution in [3.63, 3.8) is 0 Å². The van der Waals surface area contributed by atoms with Gasteiger partial charge in [0, 0.05) is 51.5 Å². The first-order chi connectivity index (χ1) is 15.4. The van der Waals surface area contributed by atoms with Crippen molar-refractivity contribution in [3.05, 3.63) is 47.9 Å². The Morgan fingerprint density at radius 3 is 2.38 bits per heavy atom. The molecular formula is C21H25FN4O5S. The number of piperazine rings is 1. The number of morpholine rings is 1. The number of hydrogen-bond donors (Lipinski definition) is 0. The van der Waals surface area contributed by atoms with E-state index in [0.29, 0.717) is 64.0 Å². The van der Waals surface area contributed by atoms with Gasteiger partial charge in [0.1, 0.15) is 22.3 Å². The van der Waals surface area contributed by atoms with E-state index < -0.39 is 15.8 Å². The van der Waals surface area contributed by atoms with E-state index in [9.17, 15) is 17.6 Å². The number of aromatic nitrogens is 1. The summed E-state index contributed by atoms with van der Waals surface area (Å²) in [6.45, 7) is 3.24. The first kappa shape index (κ1) is 22.4. The summed E-state index contributed by atoms with van der Waals surface area (Å²) in [4.78, 5) is 20.7. The summed E-state index contributed by atoms with van der Waals surface area (Å²) in [5.41, 5.74) is 0.00930. The van der Waals surface area contributed by atoms with Crippen LogP contribution in [0.3, 0.4) is 0 Å². The lowest BCUT2D eigenvalue weighted by atomic mass is 10.1. The normalized spacial score (nSPS) is 17.9. The van der Waals surface area contributed by atoms with Crippen molar-refractivity contribution in [2.24, 2.45) is 0 Å². The maximum absolute atomic E-state index is 14.2. The molecule has 2 saturated heterocycles. The van der Waals surface area contributed by atoms with Gasteiger partial charge in [-0.2, -0.15) is 4.31 Å². The Hall–Kier alpha value is -2.76. The summed E-state index contributed by atoms with van der Waals surface area (Å²) in [6.07, 6.45) is 1.37. The molecule has 3 heterocycles.